The lowest BCUT2D eigenvalue weighted by Gasteiger charge is -2.40. The van der Waals surface area contributed by atoms with Crippen molar-refractivity contribution >= 4 is 17.6 Å². The van der Waals surface area contributed by atoms with Gasteiger partial charge < -0.3 is 35.5 Å². The molecule has 4 heterocycles. The SMILES string of the molecule is C=C.C=C(C)/C(=C\C1=C(C)C(C)(C)CN1C(=C)CC1C[C@@H](C)NCC1CN(CCC)C[C@H](C)C(=O)NCC#CCNC(=O)[C@H](CC)OCCC(C)CC1CCCCN1CC(C)=O)CC1CCC(C)CC1.CC.CCC(C)(C)c1[nH]c(=O)c(CC2CCC(F)CC2)cc1C. The van der Waals surface area contributed by atoms with E-state index in [1.807, 2.05) is 33.8 Å². The lowest BCUT2D eigenvalue weighted by atomic mass is 9.79. The van der Waals surface area contributed by atoms with E-state index in [1.54, 1.807) is 6.92 Å². The van der Waals surface area contributed by atoms with Crippen molar-refractivity contribution < 1.29 is 23.5 Å². The van der Waals surface area contributed by atoms with Gasteiger partial charge in [-0.25, -0.2) is 4.39 Å². The van der Waals surface area contributed by atoms with Crippen LogP contribution in [-0.4, -0.2) is 127 Å². The van der Waals surface area contributed by atoms with Gasteiger partial charge in [-0.05, 0) is 228 Å². The number of alkyl halides is 1. The van der Waals surface area contributed by atoms with E-state index in [1.165, 1.54) is 60.2 Å². The number of likely N-dealkylation sites (tertiary alicyclic amines) is 1. The summed E-state index contributed by atoms with van der Waals surface area (Å²) in [4.78, 5) is 60.9. The van der Waals surface area contributed by atoms with E-state index in [9.17, 15) is 23.6 Å². The maximum Gasteiger partial charge on any atom is 0.251 e. The van der Waals surface area contributed by atoms with Crippen LogP contribution in [0.15, 0.2) is 71.4 Å². The molecular formula is C80H136FN7O5. The Labute approximate surface area is 567 Å². The van der Waals surface area contributed by atoms with Gasteiger partial charge in [-0.2, -0.15) is 0 Å². The number of carbonyl (C=O) groups is 3. The number of ether oxygens (including phenoxy) is 1. The summed E-state index contributed by atoms with van der Waals surface area (Å²) in [6.07, 6.45) is 21.8. The second-order valence-electron chi connectivity index (χ2n) is 30.0. The quantitative estimate of drug-likeness (QED) is 0.0337. The van der Waals surface area contributed by atoms with Gasteiger partial charge in [-0.3, -0.25) is 24.1 Å². The zero-order chi connectivity index (χ0) is 69.6. The molecule has 2 aliphatic carbocycles. The normalized spacial score (nSPS) is 24.3. The number of hydrogen-bond acceptors (Lipinski definition) is 9. The molecule has 0 spiro atoms. The number of piperidine rings is 2. The van der Waals surface area contributed by atoms with Crippen LogP contribution in [-0.2, 0) is 31.0 Å². The second-order valence-corrected chi connectivity index (χ2v) is 30.0. The van der Waals surface area contributed by atoms with Gasteiger partial charge in [0, 0.05) is 77.7 Å². The third-order valence-corrected chi connectivity index (χ3v) is 21.1. The highest BCUT2D eigenvalue weighted by Gasteiger charge is 2.38. The molecule has 4 fully saturated rings. The fourth-order valence-corrected chi connectivity index (χ4v) is 14.7. The van der Waals surface area contributed by atoms with Gasteiger partial charge in [0.15, 0.2) is 0 Å². The topological polar surface area (TPSA) is 139 Å². The first-order valence-electron chi connectivity index (χ1n) is 36.9. The number of allylic oxidation sites excluding steroid dienone is 4. The summed E-state index contributed by atoms with van der Waals surface area (Å²) in [5, 5.41) is 9.72. The monoisotopic (exact) mass is 1290 g/mol. The molecule has 13 heteroatoms. The Balaban J connectivity index is 0.000000752. The molecule has 4 unspecified atom stereocenters. The Morgan fingerprint density at radius 3 is 2.14 bits per heavy atom. The van der Waals surface area contributed by atoms with Crippen molar-refractivity contribution in [3.8, 4) is 11.8 Å². The molecule has 0 radical (unpaired) electrons. The van der Waals surface area contributed by atoms with Crippen molar-refractivity contribution in [2.45, 2.75) is 276 Å². The standard InChI is InChI=1S/C58H98N6O4.C18H28FNO.C2H6.C2H4/c1-14-28-62(37-44(7)56(66)59-26-17-18-27-60-57(67)55(15-2)68-30-25-43(6)31-53-20-16-19-29-63(53)38-47(10)65)39-52-36-61-45(8)32-51(52)33-46(9)64-40-58(12,13)48(11)54(64)35-50(41(3)4)34-49-23-21-42(5)22-24-49;1-5-18(3,4)16-12(2)10-14(17(21)20-16)11-13-6-8-15(19)9-7-13;2*1-2/h35,42-45,49,51-53,55,61H,3,9,14-16,19-34,36-40H2,1-2,4-8,10-13H3,(H,59,66)(H,60,67);10,13,15H,5-9,11H2,1-4H3,(H,20,21);1-2H3;1-2H2/b50-35-;;;/t42?,43?,44-,45+,49?,51?,52?,53?,55-;;;/m0.../s1. The van der Waals surface area contributed by atoms with Crippen LogP contribution in [0.3, 0.4) is 0 Å². The first kappa shape index (κ1) is 82.6. The van der Waals surface area contributed by atoms with Gasteiger partial charge in [-0.1, -0.05) is 133 Å². The number of hydrogen-bond donors (Lipinski definition) is 4. The van der Waals surface area contributed by atoms with Gasteiger partial charge in [0.2, 0.25) is 11.8 Å². The number of pyridine rings is 1. The van der Waals surface area contributed by atoms with E-state index in [4.69, 9.17) is 11.3 Å². The van der Waals surface area contributed by atoms with E-state index in [-0.39, 0.29) is 53.0 Å². The van der Waals surface area contributed by atoms with Crippen LogP contribution in [0, 0.1) is 65.6 Å². The highest BCUT2D eigenvalue weighted by atomic mass is 19.1. The van der Waals surface area contributed by atoms with Crippen LogP contribution in [0.5, 0.6) is 0 Å². The highest BCUT2D eigenvalue weighted by Crippen LogP contribution is 2.44. The van der Waals surface area contributed by atoms with Gasteiger partial charge in [0.05, 0.1) is 19.6 Å². The highest BCUT2D eigenvalue weighted by molar-refractivity contribution is 5.81. The average molecular weight is 1300 g/mol. The maximum absolute atomic E-state index is 13.4. The maximum atomic E-state index is 13.4. The predicted molar refractivity (Wildman–Crippen MR) is 391 cm³/mol. The van der Waals surface area contributed by atoms with Crippen molar-refractivity contribution in [3.63, 3.8) is 0 Å². The molecule has 2 saturated carbocycles. The molecule has 7 atom stereocenters. The molecule has 0 aromatic carbocycles. The Hall–Kier alpha value is -4.61. The summed E-state index contributed by atoms with van der Waals surface area (Å²) >= 11 is 0. The Bertz CT molecular complexity index is 2650. The summed E-state index contributed by atoms with van der Waals surface area (Å²) in [6.45, 7) is 58.9. The number of nitrogens with one attached hydrogen (secondary N) is 4. The summed E-state index contributed by atoms with van der Waals surface area (Å²) in [5.41, 5.74) is 9.77. The largest absolute Gasteiger partial charge is 0.368 e. The Kier molecular flexibility index (Phi) is 37.4. The number of aromatic nitrogens is 1. The first-order chi connectivity index (χ1) is 44.1. The molecule has 12 nitrogen and oxygen atoms in total. The minimum atomic E-state index is -0.631. The van der Waals surface area contributed by atoms with Gasteiger partial charge in [0.1, 0.15) is 18.1 Å². The molecule has 6 rings (SSSR count). The minimum Gasteiger partial charge on any atom is -0.368 e. The third kappa shape index (κ3) is 27.8. The molecule has 3 aliphatic heterocycles. The smallest absolute Gasteiger partial charge is 0.251 e. The number of nitrogens with zero attached hydrogens (tertiary/aromatic N) is 3. The number of ketones is 1. The molecule has 93 heavy (non-hydrogen) atoms. The zero-order valence-electron chi connectivity index (χ0n) is 62.3. The molecule has 0 bridgehead atoms. The van der Waals surface area contributed by atoms with Gasteiger partial charge in [-0.15, -0.1) is 13.2 Å². The fraction of sp³-hybridized carbons (Fsp3) is 0.750. The van der Waals surface area contributed by atoms with E-state index in [0.717, 1.165) is 138 Å². The number of Topliss-reactive ketones (excluding diaryl/α,β-unsaturated/α-hetero) is 1. The number of halogens is 1. The van der Waals surface area contributed by atoms with Gasteiger partial charge >= 0.3 is 0 Å². The van der Waals surface area contributed by atoms with Crippen LogP contribution in [0.1, 0.15) is 250 Å². The van der Waals surface area contributed by atoms with Crippen LogP contribution >= 0.6 is 0 Å². The number of rotatable bonds is 30. The summed E-state index contributed by atoms with van der Waals surface area (Å²) in [6, 6.07) is 2.95. The average Bonchev–Trinajstić information content (AvgIpc) is 1.69. The van der Waals surface area contributed by atoms with E-state index < -0.39 is 12.3 Å². The van der Waals surface area contributed by atoms with Crippen molar-refractivity contribution in [1.82, 2.24) is 35.6 Å². The second kappa shape index (κ2) is 42.2. The van der Waals surface area contributed by atoms with Crippen molar-refractivity contribution in [1.29, 1.82) is 0 Å². The summed E-state index contributed by atoms with van der Waals surface area (Å²) < 4.78 is 19.2. The fourth-order valence-electron chi connectivity index (χ4n) is 14.7. The number of aryl methyl sites for hydroxylation is 1. The van der Waals surface area contributed by atoms with E-state index >= 15 is 0 Å². The molecule has 2 saturated heterocycles. The lowest BCUT2D eigenvalue weighted by molar-refractivity contribution is -0.133. The lowest BCUT2D eigenvalue weighted by Crippen LogP contribution is -2.48. The number of carbonyl (C=O) groups excluding carboxylic acids is 3. The molecule has 5 aliphatic rings. The van der Waals surface area contributed by atoms with E-state index in [2.05, 4.69) is 156 Å². The number of aromatic amines is 1. The van der Waals surface area contributed by atoms with Crippen LogP contribution in [0.25, 0.3) is 0 Å². The molecule has 1 aromatic heterocycles. The zero-order valence-corrected chi connectivity index (χ0v) is 62.3. The van der Waals surface area contributed by atoms with Crippen LogP contribution < -0.4 is 21.5 Å². The molecule has 528 valence electrons. The van der Waals surface area contributed by atoms with Crippen LogP contribution in [0.2, 0.25) is 0 Å². The Morgan fingerprint density at radius 1 is 0.903 bits per heavy atom. The molecule has 4 N–H and O–H groups in total. The van der Waals surface area contributed by atoms with Gasteiger partial charge in [0.25, 0.3) is 5.56 Å². The minimum absolute atomic E-state index is 0.0000416. The Morgan fingerprint density at radius 2 is 1.54 bits per heavy atom. The number of H-pyrrole nitrogens is 1. The van der Waals surface area contributed by atoms with Crippen molar-refractivity contribution in [2.24, 2.45) is 46.8 Å². The molecular weight excluding hydrogens is 1160 g/mol. The third-order valence-electron chi connectivity index (χ3n) is 21.1. The van der Waals surface area contributed by atoms with E-state index in [0.29, 0.717) is 74.7 Å². The summed E-state index contributed by atoms with van der Waals surface area (Å²) in [7, 11) is 0. The van der Waals surface area contributed by atoms with Crippen LogP contribution in [0.4, 0.5) is 4.39 Å². The number of amides is 2. The van der Waals surface area contributed by atoms with Crippen molar-refractivity contribution in [2.75, 3.05) is 65.5 Å². The summed E-state index contributed by atoms with van der Waals surface area (Å²) in [5.74, 6) is 9.36. The predicted octanol–water partition coefficient (Wildman–Crippen LogP) is 16.3. The molecule has 1 aromatic rings. The molecule has 2 amide bonds. The first-order valence-corrected chi connectivity index (χ1v) is 36.9. The van der Waals surface area contributed by atoms with Crippen molar-refractivity contribution in [3.05, 3.63) is 93.7 Å².